The van der Waals surface area contributed by atoms with Gasteiger partial charge in [-0.25, -0.2) is 9.69 Å². The monoisotopic (exact) mass is 688 g/mol. The van der Waals surface area contributed by atoms with Crippen molar-refractivity contribution in [2.75, 3.05) is 12.0 Å². The number of anilines is 1. The number of hydrogen-bond acceptors (Lipinski definition) is 7. The number of nitrogens with zero attached hydrogens (tertiary/aromatic N) is 2. The van der Waals surface area contributed by atoms with E-state index in [1.165, 1.54) is 6.07 Å². The van der Waals surface area contributed by atoms with E-state index in [4.69, 9.17) is 16.3 Å². The van der Waals surface area contributed by atoms with Gasteiger partial charge in [-0.2, -0.15) is 4.90 Å². The fourth-order valence-electron chi connectivity index (χ4n) is 8.12. The van der Waals surface area contributed by atoms with Gasteiger partial charge in [-0.05, 0) is 60.7 Å². The Bertz CT molecular complexity index is 1840. The largest absolute Gasteiger partial charge is 0.508 e. The van der Waals surface area contributed by atoms with E-state index in [2.05, 4.69) is 15.9 Å². The Balaban J connectivity index is 1.51. The number of amides is 5. The van der Waals surface area contributed by atoms with Gasteiger partial charge in [0.05, 0.1) is 36.0 Å². The maximum atomic E-state index is 15.1. The summed E-state index contributed by atoms with van der Waals surface area (Å²) in [4.78, 5) is 71.2. The van der Waals surface area contributed by atoms with Crippen molar-refractivity contribution < 1.29 is 33.8 Å². The van der Waals surface area contributed by atoms with Crippen LogP contribution in [0.3, 0.4) is 0 Å². The fraction of sp³-hybridized carbons (Fsp3) is 0.265. The molecule has 0 spiro atoms. The summed E-state index contributed by atoms with van der Waals surface area (Å²) in [7, 11) is 1.10. The van der Waals surface area contributed by atoms with Crippen LogP contribution in [0.1, 0.15) is 29.9 Å². The van der Waals surface area contributed by atoms with Gasteiger partial charge in [0, 0.05) is 21.0 Å². The topological polar surface area (TPSA) is 121 Å². The number of ether oxygens (including phenoxy) is 1. The lowest BCUT2D eigenvalue weighted by Gasteiger charge is -2.50. The molecule has 2 saturated heterocycles. The number of carbonyl (C=O) groups is 5. The maximum absolute atomic E-state index is 15.1. The van der Waals surface area contributed by atoms with Crippen LogP contribution >= 0.6 is 27.5 Å². The van der Waals surface area contributed by atoms with Gasteiger partial charge in [0.25, 0.3) is 0 Å². The summed E-state index contributed by atoms with van der Waals surface area (Å²) in [6, 6.07) is 20.4. The second kappa shape index (κ2) is 10.7. The van der Waals surface area contributed by atoms with Crippen molar-refractivity contribution in [2.24, 2.45) is 23.7 Å². The van der Waals surface area contributed by atoms with Crippen molar-refractivity contribution in [3.63, 3.8) is 0 Å². The van der Waals surface area contributed by atoms with E-state index in [1.807, 2.05) is 12.1 Å². The van der Waals surface area contributed by atoms with Crippen LogP contribution in [-0.2, 0) is 29.3 Å². The molecule has 0 bridgehead atoms. The Morgan fingerprint density at radius 1 is 0.956 bits per heavy atom. The van der Waals surface area contributed by atoms with Crippen LogP contribution in [0.15, 0.2) is 88.9 Å². The highest BCUT2D eigenvalue weighted by atomic mass is 79.9. The molecule has 1 saturated carbocycles. The molecule has 0 radical (unpaired) electrons. The van der Waals surface area contributed by atoms with Crippen LogP contribution in [-0.4, -0.2) is 46.8 Å². The molecule has 0 aromatic heterocycles. The van der Waals surface area contributed by atoms with Crippen LogP contribution < -0.4 is 4.90 Å². The first-order valence-corrected chi connectivity index (χ1v) is 15.6. The second-order valence-electron chi connectivity index (χ2n) is 11.8. The number of methoxy groups -OCH3 is 1. The molecular weight excluding hydrogens is 664 g/mol. The zero-order valence-corrected chi connectivity index (χ0v) is 26.2. The summed E-state index contributed by atoms with van der Waals surface area (Å²) in [6.07, 6.45) is 0.984. The first kappa shape index (κ1) is 29.4. The summed E-state index contributed by atoms with van der Waals surface area (Å²) in [6.45, 7) is 0. The number of rotatable bonds is 3. The Hall–Kier alpha value is -4.28. The number of phenols is 1. The molecule has 2 aliphatic heterocycles. The van der Waals surface area contributed by atoms with Crippen LogP contribution in [0.4, 0.5) is 10.5 Å². The van der Waals surface area contributed by atoms with Gasteiger partial charge < -0.3 is 9.84 Å². The zero-order valence-electron chi connectivity index (χ0n) is 23.9. The molecule has 0 unspecified atom stereocenters. The van der Waals surface area contributed by atoms with Gasteiger partial charge in [0.15, 0.2) is 0 Å². The molecule has 1 N–H and O–H groups in total. The van der Waals surface area contributed by atoms with Gasteiger partial charge in [-0.1, -0.05) is 75.6 Å². The normalized spacial score (nSPS) is 28.9. The maximum Gasteiger partial charge on any atom is 0.423 e. The van der Waals surface area contributed by atoms with Crippen LogP contribution in [0.25, 0.3) is 0 Å². The van der Waals surface area contributed by atoms with Gasteiger partial charge in [0.2, 0.25) is 23.6 Å². The van der Waals surface area contributed by atoms with Gasteiger partial charge in [-0.3, -0.25) is 19.2 Å². The highest BCUT2D eigenvalue weighted by Crippen LogP contribution is 2.65. The van der Waals surface area contributed by atoms with E-state index in [0.29, 0.717) is 36.8 Å². The van der Waals surface area contributed by atoms with Crippen molar-refractivity contribution in [3.05, 3.63) is 105 Å². The Labute approximate surface area is 271 Å². The second-order valence-corrected chi connectivity index (χ2v) is 13.1. The van der Waals surface area contributed by atoms with E-state index < -0.39 is 64.7 Å². The van der Waals surface area contributed by atoms with E-state index in [9.17, 15) is 24.3 Å². The van der Waals surface area contributed by atoms with Gasteiger partial charge in [0.1, 0.15) is 5.75 Å². The molecule has 3 aromatic carbocycles. The molecule has 2 heterocycles. The highest BCUT2D eigenvalue weighted by Gasteiger charge is 2.70. The van der Waals surface area contributed by atoms with E-state index in [-0.39, 0.29) is 18.6 Å². The number of carbonyl (C=O) groups excluding carboxylic acids is 5. The van der Waals surface area contributed by atoms with Crippen molar-refractivity contribution in [1.29, 1.82) is 0 Å². The quantitative estimate of drug-likeness (QED) is 0.275. The molecule has 11 heteroatoms. The van der Waals surface area contributed by atoms with Gasteiger partial charge in [-0.15, -0.1) is 0 Å². The lowest BCUT2D eigenvalue weighted by Crippen LogP contribution is -2.53. The number of allylic oxidation sites excluding steroid dienone is 2. The molecule has 5 amide bonds. The van der Waals surface area contributed by atoms with E-state index in [0.717, 1.165) is 12.0 Å². The van der Waals surface area contributed by atoms with Crippen LogP contribution in [0.2, 0.25) is 5.02 Å². The molecule has 228 valence electrons. The van der Waals surface area contributed by atoms with Gasteiger partial charge >= 0.3 is 6.09 Å². The summed E-state index contributed by atoms with van der Waals surface area (Å²) < 4.78 is 5.40. The molecule has 45 heavy (non-hydrogen) atoms. The number of benzene rings is 3. The minimum absolute atomic E-state index is 0.0584. The minimum Gasteiger partial charge on any atom is -0.508 e. The molecule has 3 fully saturated rings. The Morgan fingerprint density at radius 3 is 2.42 bits per heavy atom. The average molecular weight is 690 g/mol. The van der Waals surface area contributed by atoms with Crippen molar-refractivity contribution in [3.8, 4) is 5.75 Å². The summed E-state index contributed by atoms with van der Waals surface area (Å²) in [5.74, 6) is -6.77. The number of phenolic OH excluding ortho intramolecular Hbond substituents is 1. The van der Waals surface area contributed by atoms with Crippen LogP contribution in [0.5, 0.6) is 5.75 Å². The summed E-state index contributed by atoms with van der Waals surface area (Å²) in [5.41, 5.74) is 0.406. The number of imide groups is 4. The van der Waals surface area contributed by atoms with Crippen LogP contribution in [0, 0.1) is 23.7 Å². The average Bonchev–Trinajstić information content (AvgIpc) is 3.43. The number of aromatic hydroxyl groups is 1. The van der Waals surface area contributed by atoms with Crippen molar-refractivity contribution in [1.82, 2.24) is 4.90 Å². The fourth-order valence-corrected chi connectivity index (χ4v) is 8.68. The molecular formula is C34H26BrClN2O7. The molecule has 2 aliphatic carbocycles. The van der Waals surface area contributed by atoms with Crippen molar-refractivity contribution >= 4 is 62.9 Å². The molecule has 7 rings (SSSR count). The third kappa shape index (κ3) is 4.08. The molecule has 6 atom stereocenters. The highest BCUT2D eigenvalue weighted by molar-refractivity contribution is 9.10. The SMILES string of the molecule is COC(=O)N1C(=O)[C@H]2[C@H](CC=C3[C@H]2C[C@H]2C(=O)N(c4cccc(Cl)c4)C(=O)[C@@]2(c2ccccc2)[C@H]3c2cc(Br)ccc2O)C1=O. The number of hydrogen-bond donors (Lipinski definition) is 1. The third-order valence-corrected chi connectivity index (χ3v) is 10.6. The van der Waals surface area contributed by atoms with E-state index >= 15 is 4.79 Å². The molecule has 9 nitrogen and oxygen atoms in total. The Morgan fingerprint density at radius 2 is 1.71 bits per heavy atom. The summed E-state index contributed by atoms with van der Waals surface area (Å²) >= 11 is 9.83. The lowest BCUT2D eigenvalue weighted by molar-refractivity contribution is -0.138. The zero-order chi connectivity index (χ0) is 31.8. The lowest BCUT2D eigenvalue weighted by atomic mass is 9.49. The summed E-state index contributed by atoms with van der Waals surface area (Å²) in [5, 5.41) is 11.7. The Kier molecular flexibility index (Phi) is 6.98. The standard InChI is InChI=1S/C34H26BrClN2O7/c1-45-33(44)38-29(40)22-12-11-21-23(27(22)31(38)42)16-25-30(41)37(20-9-5-8-19(36)15-20)32(43)34(25,17-6-3-2-4-7-17)28(21)24-14-18(35)10-13-26(24)39/h2-11,13-15,22-23,25,27-28,39H,12,16H2,1H3/t22-,23+,25-,27-,28+,34+/m0/s1. The smallest absolute Gasteiger partial charge is 0.423 e. The molecule has 4 aliphatic rings. The first-order valence-electron chi connectivity index (χ1n) is 14.4. The third-order valence-electron chi connectivity index (χ3n) is 9.82. The predicted molar refractivity (Wildman–Crippen MR) is 166 cm³/mol. The predicted octanol–water partition coefficient (Wildman–Crippen LogP) is 5.74. The molecule has 3 aromatic rings. The minimum atomic E-state index is -1.53. The first-order chi connectivity index (χ1) is 21.6. The number of fused-ring (bicyclic) bond motifs is 4. The number of halogens is 2. The number of likely N-dealkylation sites (tertiary alicyclic amines) is 1. The van der Waals surface area contributed by atoms with E-state index in [1.54, 1.807) is 60.7 Å². The van der Waals surface area contributed by atoms with Crippen molar-refractivity contribution in [2.45, 2.75) is 24.2 Å².